The molecule has 0 amide bonds. The van der Waals surface area contributed by atoms with Crippen LogP contribution in [0, 0.1) is 0 Å². The zero-order chi connectivity index (χ0) is 14.2. The summed E-state index contributed by atoms with van der Waals surface area (Å²) in [5.41, 5.74) is 4.10. The molecule has 0 unspecified atom stereocenters. The minimum absolute atomic E-state index is 0.0528. The van der Waals surface area contributed by atoms with Crippen LogP contribution < -0.4 is 5.43 Å². The van der Waals surface area contributed by atoms with E-state index < -0.39 is 0 Å². The Balaban J connectivity index is 2.24. The van der Waals surface area contributed by atoms with Gasteiger partial charge in [-0.05, 0) is 36.4 Å². The van der Waals surface area contributed by atoms with Crippen molar-refractivity contribution in [3.8, 4) is 17.1 Å². The summed E-state index contributed by atoms with van der Waals surface area (Å²) in [4.78, 5) is 16.7. The highest BCUT2D eigenvalue weighted by atomic mass is 16.1. The molecule has 0 fully saturated rings. The zero-order valence-electron chi connectivity index (χ0n) is 11.2. The van der Waals surface area contributed by atoms with E-state index in [0.717, 1.165) is 22.4 Å². The first kappa shape index (κ1) is 11.9. The van der Waals surface area contributed by atoms with Crippen molar-refractivity contribution >= 4 is 11.0 Å². The Morgan fingerprint density at radius 2 is 1.52 bits per heavy atom. The van der Waals surface area contributed by atoms with Crippen molar-refractivity contribution in [3.63, 3.8) is 0 Å². The van der Waals surface area contributed by atoms with Gasteiger partial charge >= 0.3 is 0 Å². The van der Waals surface area contributed by atoms with Gasteiger partial charge in [0.25, 0.3) is 0 Å². The molecule has 100 valence electrons. The molecular formula is C18H12N2O. The van der Waals surface area contributed by atoms with Gasteiger partial charge in [0.05, 0.1) is 16.7 Å². The van der Waals surface area contributed by atoms with Gasteiger partial charge in [-0.15, -0.1) is 0 Å². The van der Waals surface area contributed by atoms with Crippen LogP contribution in [0.5, 0.6) is 0 Å². The maximum atomic E-state index is 12.1. The van der Waals surface area contributed by atoms with Crippen LogP contribution >= 0.6 is 0 Å². The Bertz CT molecular complexity index is 957. The predicted molar refractivity (Wildman–Crippen MR) is 84.0 cm³/mol. The van der Waals surface area contributed by atoms with Gasteiger partial charge in [0.2, 0.25) is 5.43 Å². The summed E-state index contributed by atoms with van der Waals surface area (Å²) in [6.07, 6.45) is 0. The van der Waals surface area contributed by atoms with E-state index in [2.05, 4.69) is 9.55 Å². The number of para-hydroxylation sites is 4. The van der Waals surface area contributed by atoms with Crippen molar-refractivity contribution in [2.75, 3.05) is 0 Å². The first-order valence-corrected chi connectivity index (χ1v) is 6.80. The Labute approximate surface area is 121 Å². The molecule has 21 heavy (non-hydrogen) atoms. The lowest BCUT2D eigenvalue weighted by Gasteiger charge is -2.17. The van der Waals surface area contributed by atoms with Crippen LogP contribution in [-0.2, 0) is 0 Å². The summed E-state index contributed by atoms with van der Waals surface area (Å²) in [6.45, 7) is 0. The van der Waals surface area contributed by atoms with E-state index in [1.807, 2.05) is 60.7 Å². The number of hydrogen-bond donors (Lipinski definition) is 0. The van der Waals surface area contributed by atoms with E-state index >= 15 is 0 Å². The monoisotopic (exact) mass is 272 g/mol. The van der Waals surface area contributed by atoms with Gasteiger partial charge in [0, 0.05) is 5.69 Å². The SMILES string of the molecule is O=c1cccc2n(-c3ccccc3)c3ccccc3nc1-2. The molecule has 2 aliphatic rings. The van der Waals surface area contributed by atoms with Crippen LogP contribution in [0.1, 0.15) is 0 Å². The van der Waals surface area contributed by atoms with Crippen LogP contribution in [0.15, 0.2) is 77.6 Å². The molecule has 1 aliphatic carbocycles. The van der Waals surface area contributed by atoms with Gasteiger partial charge < -0.3 is 4.57 Å². The molecule has 2 aromatic carbocycles. The summed E-state index contributed by atoms with van der Waals surface area (Å²) >= 11 is 0. The van der Waals surface area contributed by atoms with Gasteiger partial charge in [-0.2, -0.15) is 0 Å². The number of rotatable bonds is 1. The van der Waals surface area contributed by atoms with Gasteiger partial charge in [-0.1, -0.05) is 36.4 Å². The molecule has 0 saturated carbocycles. The Hall–Kier alpha value is -2.94. The van der Waals surface area contributed by atoms with Crippen molar-refractivity contribution in [2.45, 2.75) is 0 Å². The summed E-state index contributed by atoms with van der Waals surface area (Å²) in [5.74, 6) is 0. The topological polar surface area (TPSA) is 34.9 Å². The van der Waals surface area contributed by atoms with E-state index in [4.69, 9.17) is 0 Å². The maximum Gasteiger partial charge on any atom is 0.206 e. The van der Waals surface area contributed by atoms with Crippen molar-refractivity contribution < 1.29 is 0 Å². The lowest BCUT2D eigenvalue weighted by atomic mass is 10.1. The van der Waals surface area contributed by atoms with E-state index in [-0.39, 0.29) is 5.43 Å². The third kappa shape index (κ3) is 1.82. The highest BCUT2D eigenvalue weighted by molar-refractivity contribution is 5.82. The molecule has 0 N–H and O–H groups in total. The lowest BCUT2D eigenvalue weighted by molar-refractivity contribution is 1.07. The number of fused-ring (bicyclic) bond motifs is 2. The Morgan fingerprint density at radius 1 is 0.762 bits per heavy atom. The fourth-order valence-corrected chi connectivity index (χ4v) is 2.66. The van der Waals surface area contributed by atoms with E-state index in [1.54, 1.807) is 12.1 Å². The first-order chi connectivity index (χ1) is 10.3. The molecule has 0 saturated heterocycles. The number of aromatic nitrogens is 2. The smallest absolute Gasteiger partial charge is 0.206 e. The highest BCUT2D eigenvalue weighted by Gasteiger charge is 2.15. The molecule has 3 heteroatoms. The third-order valence-corrected chi connectivity index (χ3v) is 3.59. The number of hydrogen-bond acceptors (Lipinski definition) is 2. The lowest BCUT2D eigenvalue weighted by Crippen LogP contribution is -2.13. The molecule has 1 aliphatic heterocycles. The maximum absolute atomic E-state index is 12.1. The molecule has 2 aromatic rings. The largest absolute Gasteiger partial charge is 0.306 e. The van der Waals surface area contributed by atoms with Crippen molar-refractivity contribution in [1.82, 2.24) is 9.55 Å². The molecule has 0 radical (unpaired) electrons. The summed E-state index contributed by atoms with van der Waals surface area (Å²) < 4.78 is 2.08. The normalized spacial score (nSPS) is 11.0. The Kier molecular flexibility index (Phi) is 2.57. The average molecular weight is 272 g/mol. The summed E-state index contributed by atoms with van der Waals surface area (Å²) in [7, 11) is 0. The quantitative estimate of drug-likeness (QED) is 0.497. The van der Waals surface area contributed by atoms with Gasteiger partial charge in [0.1, 0.15) is 5.69 Å². The molecule has 0 atom stereocenters. The van der Waals surface area contributed by atoms with Crippen LogP contribution in [-0.4, -0.2) is 9.55 Å². The average Bonchev–Trinajstić information content (AvgIpc) is 2.54. The summed E-state index contributed by atoms with van der Waals surface area (Å²) in [5, 5.41) is 0. The van der Waals surface area contributed by atoms with Crippen LogP contribution in [0.25, 0.3) is 28.1 Å². The first-order valence-electron chi connectivity index (χ1n) is 6.80. The minimum atomic E-state index is -0.0528. The number of nitrogens with zero attached hydrogens (tertiary/aromatic N) is 2. The fourth-order valence-electron chi connectivity index (χ4n) is 2.66. The van der Waals surface area contributed by atoms with Crippen LogP contribution in [0.4, 0.5) is 0 Å². The van der Waals surface area contributed by atoms with Gasteiger partial charge in [0.15, 0.2) is 0 Å². The second-order valence-electron chi connectivity index (χ2n) is 4.90. The van der Waals surface area contributed by atoms with Crippen molar-refractivity contribution in [3.05, 3.63) is 83.0 Å². The van der Waals surface area contributed by atoms with Crippen molar-refractivity contribution in [2.24, 2.45) is 0 Å². The van der Waals surface area contributed by atoms with E-state index in [1.165, 1.54) is 0 Å². The standard InChI is InChI=1S/C18H12N2O/c21-17-12-6-11-16-18(17)19-14-9-4-5-10-15(14)20(16)13-7-2-1-3-8-13/h1-12H. The molecule has 4 rings (SSSR count). The second-order valence-corrected chi connectivity index (χ2v) is 4.90. The van der Waals surface area contributed by atoms with Crippen LogP contribution in [0.3, 0.4) is 0 Å². The number of benzene rings is 3. The minimum Gasteiger partial charge on any atom is -0.306 e. The third-order valence-electron chi connectivity index (χ3n) is 3.59. The molecular weight excluding hydrogens is 260 g/mol. The van der Waals surface area contributed by atoms with Gasteiger partial charge in [-0.25, -0.2) is 4.98 Å². The fraction of sp³-hybridized carbons (Fsp3) is 0. The molecule has 3 nitrogen and oxygen atoms in total. The van der Waals surface area contributed by atoms with E-state index in [9.17, 15) is 4.79 Å². The molecule has 0 aromatic heterocycles. The molecule has 1 heterocycles. The van der Waals surface area contributed by atoms with E-state index in [0.29, 0.717) is 5.69 Å². The van der Waals surface area contributed by atoms with Gasteiger partial charge in [-0.3, -0.25) is 4.79 Å². The summed E-state index contributed by atoms with van der Waals surface area (Å²) in [6, 6.07) is 23.2. The van der Waals surface area contributed by atoms with Crippen LogP contribution in [0.2, 0.25) is 0 Å². The van der Waals surface area contributed by atoms with Crippen molar-refractivity contribution in [1.29, 1.82) is 0 Å². The Morgan fingerprint density at radius 3 is 2.38 bits per heavy atom. The molecule has 0 spiro atoms. The highest BCUT2D eigenvalue weighted by Crippen LogP contribution is 2.26. The zero-order valence-corrected chi connectivity index (χ0v) is 11.2. The predicted octanol–water partition coefficient (Wildman–Crippen LogP) is 3.49. The molecule has 0 bridgehead atoms. The second kappa shape index (κ2) is 4.56.